The summed E-state index contributed by atoms with van der Waals surface area (Å²) >= 11 is 6.01. The van der Waals surface area contributed by atoms with Crippen LogP contribution in [0.4, 0.5) is 5.69 Å². The van der Waals surface area contributed by atoms with E-state index in [1.54, 1.807) is 0 Å². The van der Waals surface area contributed by atoms with Crippen molar-refractivity contribution < 1.29 is 0 Å². The summed E-state index contributed by atoms with van der Waals surface area (Å²) in [6, 6.07) is 7.93. The normalized spacial score (nSPS) is 27.0. The topological polar surface area (TPSA) is 44.9 Å². The van der Waals surface area contributed by atoms with Crippen LogP contribution in [0.2, 0.25) is 5.02 Å². The van der Waals surface area contributed by atoms with E-state index in [0.29, 0.717) is 5.96 Å². The van der Waals surface area contributed by atoms with Gasteiger partial charge in [-0.3, -0.25) is 4.99 Å². The second-order valence-corrected chi connectivity index (χ2v) is 6.43. The molecule has 0 bridgehead atoms. The molecule has 3 rings (SSSR count). The lowest BCUT2D eigenvalue weighted by Gasteiger charge is -2.39. The summed E-state index contributed by atoms with van der Waals surface area (Å²) in [4.78, 5) is 9.31. The highest BCUT2D eigenvalue weighted by Gasteiger charge is 2.43. The van der Waals surface area contributed by atoms with E-state index in [1.807, 2.05) is 24.3 Å². The molecule has 1 unspecified atom stereocenters. The van der Waals surface area contributed by atoms with Gasteiger partial charge in [-0.1, -0.05) is 18.5 Å². The van der Waals surface area contributed by atoms with Crippen LogP contribution < -0.4 is 10.6 Å². The van der Waals surface area contributed by atoms with Crippen molar-refractivity contribution in [1.29, 1.82) is 0 Å². The van der Waals surface area contributed by atoms with Gasteiger partial charge in [0.15, 0.2) is 5.96 Å². The van der Waals surface area contributed by atoms with Gasteiger partial charge in [-0.2, -0.15) is 0 Å². The van der Waals surface area contributed by atoms with Crippen LogP contribution in [0.3, 0.4) is 0 Å². The number of rotatable bonds is 2. The Kier molecular flexibility index (Phi) is 4.09. The van der Waals surface area contributed by atoms with Crippen LogP contribution in [0.25, 0.3) is 0 Å². The summed E-state index contributed by atoms with van der Waals surface area (Å²) in [7, 11) is 0. The highest BCUT2D eigenvalue weighted by Crippen LogP contribution is 2.37. The van der Waals surface area contributed by atoms with E-state index in [9.17, 15) is 0 Å². The average molecular weight is 307 g/mol. The van der Waals surface area contributed by atoms with E-state index in [0.717, 1.165) is 43.2 Å². The van der Waals surface area contributed by atoms with Crippen LogP contribution in [-0.4, -0.2) is 42.6 Å². The highest BCUT2D eigenvalue weighted by atomic mass is 35.5. The lowest BCUT2D eigenvalue weighted by molar-refractivity contribution is 0.292. The molecule has 114 valence electrons. The molecule has 1 aromatic carbocycles. The predicted octanol–water partition coefficient (Wildman–Crippen LogP) is 2.72. The van der Waals surface area contributed by atoms with Gasteiger partial charge in [0.1, 0.15) is 0 Å². The molecule has 5 heteroatoms. The summed E-state index contributed by atoms with van der Waals surface area (Å²) in [6.07, 6.45) is 3.44. The molecule has 2 N–H and O–H groups in total. The minimum absolute atomic E-state index is 0.0435. The molecule has 4 nitrogen and oxygen atoms in total. The zero-order chi connectivity index (χ0) is 14.9. The van der Waals surface area contributed by atoms with Crippen molar-refractivity contribution in [3.63, 3.8) is 0 Å². The van der Waals surface area contributed by atoms with Gasteiger partial charge < -0.3 is 15.5 Å². The molecule has 0 aliphatic carbocycles. The summed E-state index contributed by atoms with van der Waals surface area (Å²) in [6.45, 7) is 6.44. The third-order valence-corrected chi connectivity index (χ3v) is 5.03. The molecule has 1 saturated heterocycles. The largest absolute Gasteiger partial charge is 0.369 e. The van der Waals surface area contributed by atoms with Gasteiger partial charge in [0.25, 0.3) is 0 Å². The van der Waals surface area contributed by atoms with Crippen LogP contribution in [0.5, 0.6) is 0 Å². The zero-order valence-electron chi connectivity index (χ0n) is 12.6. The van der Waals surface area contributed by atoms with Crippen LogP contribution in [-0.2, 0) is 0 Å². The monoisotopic (exact) mass is 306 g/mol. The maximum absolute atomic E-state index is 6.20. The van der Waals surface area contributed by atoms with Gasteiger partial charge in [-0.25, -0.2) is 0 Å². The standard InChI is InChI=1S/C16H23ClN4/c1-2-20-10-3-8-16(9-11-20)12-19-15(18)21(16)14-6-4-13(17)5-7-14/h4-7H,2-3,8-12H2,1H3,(H2,18,19). The fraction of sp³-hybridized carbons (Fsp3) is 0.562. The molecule has 0 radical (unpaired) electrons. The molecule has 1 spiro atoms. The first-order valence-corrected chi connectivity index (χ1v) is 8.10. The molecule has 1 fully saturated rings. The first-order chi connectivity index (χ1) is 10.1. The third kappa shape index (κ3) is 2.74. The number of guanidine groups is 1. The van der Waals surface area contributed by atoms with Crippen LogP contribution >= 0.6 is 11.6 Å². The molecular formula is C16H23ClN4. The van der Waals surface area contributed by atoms with Gasteiger partial charge in [-0.15, -0.1) is 0 Å². The molecule has 0 amide bonds. The number of halogens is 1. The molecule has 0 saturated carbocycles. The van der Waals surface area contributed by atoms with Gasteiger partial charge in [-0.05, 0) is 56.6 Å². The van der Waals surface area contributed by atoms with Crippen LogP contribution in [0, 0.1) is 0 Å². The summed E-state index contributed by atoms with van der Waals surface area (Å²) < 4.78 is 0. The molecule has 1 atom stereocenters. The van der Waals surface area contributed by atoms with Gasteiger partial charge in [0.2, 0.25) is 0 Å². The average Bonchev–Trinajstić information content (AvgIpc) is 2.69. The number of benzene rings is 1. The third-order valence-electron chi connectivity index (χ3n) is 4.78. The van der Waals surface area contributed by atoms with E-state index < -0.39 is 0 Å². The Bertz CT molecular complexity index is 528. The van der Waals surface area contributed by atoms with E-state index in [1.165, 1.54) is 13.0 Å². The molecular weight excluding hydrogens is 284 g/mol. The Balaban J connectivity index is 1.89. The van der Waals surface area contributed by atoms with E-state index in [4.69, 9.17) is 17.3 Å². The maximum atomic E-state index is 6.20. The number of hydrogen-bond acceptors (Lipinski definition) is 4. The van der Waals surface area contributed by atoms with Crippen molar-refractivity contribution in [1.82, 2.24) is 4.90 Å². The first kappa shape index (κ1) is 14.7. The molecule has 21 heavy (non-hydrogen) atoms. The van der Waals surface area contributed by atoms with Gasteiger partial charge >= 0.3 is 0 Å². The van der Waals surface area contributed by atoms with E-state index >= 15 is 0 Å². The Hall–Kier alpha value is -1.26. The fourth-order valence-electron chi connectivity index (χ4n) is 3.54. The lowest BCUT2D eigenvalue weighted by atomic mass is 9.89. The van der Waals surface area contributed by atoms with Crippen molar-refractivity contribution in [3.05, 3.63) is 29.3 Å². The van der Waals surface area contributed by atoms with E-state index in [2.05, 4.69) is 21.7 Å². The number of aliphatic imine (C=N–C) groups is 1. The minimum Gasteiger partial charge on any atom is -0.369 e. The Morgan fingerprint density at radius 1 is 1.24 bits per heavy atom. The minimum atomic E-state index is 0.0435. The second-order valence-electron chi connectivity index (χ2n) is 6.00. The highest BCUT2D eigenvalue weighted by molar-refractivity contribution is 6.30. The summed E-state index contributed by atoms with van der Waals surface area (Å²) in [5.41, 5.74) is 7.35. The molecule has 0 aromatic heterocycles. The number of nitrogens with zero attached hydrogens (tertiary/aromatic N) is 3. The Labute approximate surface area is 131 Å². The smallest absolute Gasteiger partial charge is 0.196 e. The van der Waals surface area contributed by atoms with Crippen molar-refractivity contribution in [2.24, 2.45) is 10.7 Å². The number of anilines is 1. The first-order valence-electron chi connectivity index (χ1n) is 7.73. The maximum Gasteiger partial charge on any atom is 0.196 e. The quantitative estimate of drug-likeness (QED) is 0.914. The lowest BCUT2D eigenvalue weighted by Crippen LogP contribution is -2.52. The van der Waals surface area contributed by atoms with Crippen molar-refractivity contribution >= 4 is 23.2 Å². The van der Waals surface area contributed by atoms with Crippen molar-refractivity contribution in [3.8, 4) is 0 Å². The van der Waals surface area contributed by atoms with Gasteiger partial charge in [0, 0.05) is 17.3 Å². The fourth-order valence-corrected chi connectivity index (χ4v) is 3.67. The summed E-state index contributed by atoms with van der Waals surface area (Å²) in [5, 5.41) is 0.750. The van der Waals surface area contributed by atoms with Crippen molar-refractivity contribution in [2.45, 2.75) is 31.7 Å². The Morgan fingerprint density at radius 3 is 2.71 bits per heavy atom. The van der Waals surface area contributed by atoms with Crippen LogP contribution in [0.15, 0.2) is 29.3 Å². The Morgan fingerprint density at radius 2 is 2.00 bits per heavy atom. The van der Waals surface area contributed by atoms with Crippen molar-refractivity contribution in [2.75, 3.05) is 31.1 Å². The molecule has 1 aromatic rings. The summed E-state index contributed by atoms with van der Waals surface area (Å²) in [5.74, 6) is 0.641. The number of nitrogens with two attached hydrogens (primary N) is 1. The molecule has 2 heterocycles. The molecule has 2 aliphatic heterocycles. The van der Waals surface area contributed by atoms with E-state index in [-0.39, 0.29) is 5.54 Å². The van der Waals surface area contributed by atoms with Crippen LogP contribution in [0.1, 0.15) is 26.2 Å². The SMILES string of the molecule is CCN1CCCC2(CC1)CN=C(N)N2c1ccc(Cl)cc1. The zero-order valence-corrected chi connectivity index (χ0v) is 13.3. The second kappa shape index (κ2) is 5.85. The number of likely N-dealkylation sites (tertiary alicyclic amines) is 1. The predicted molar refractivity (Wildman–Crippen MR) is 89.1 cm³/mol. The van der Waals surface area contributed by atoms with Gasteiger partial charge in [0.05, 0.1) is 12.1 Å². The molecule has 2 aliphatic rings. The number of hydrogen-bond donors (Lipinski definition) is 1.